The summed E-state index contributed by atoms with van der Waals surface area (Å²) < 4.78 is 12.3. The van der Waals surface area contributed by atoms with E-state index in [-0.39, 0.29) is 29.3 Å². The van der Waals surface area contributed by atoms with Gasteiger partial charge >= 0.3 is 6.03 Å². The lowest BCUT2D eigenvalue weighted by atomic mass is 9.85. The van der Waals surface area contributed by atoms with Gasteiger partial charge < -0.3 is 24.6 Å². The summed E-state index contributed by atoms with van der Waals surface area (Å²) in [5.74, 6) is 0.109. The van der Waals surface area contributed by atoms with E-state index in [0.717, 1.165) is 38.3 Å². The Balaban J connectivity index is 1.40. The quantitative estimate of drug-likeness (QED) is 0.758. The summed E-state index contributed by atoms with van der Waals surface area (Å²) in [4.78, 5) is 29.0. The zero-order valence-electron chi connectivity index (χ0n) is 16.6. The van der Waals surface area contributed by atoms with Crippen LogP contribution in [-0.2, 0) is 21.3 Å². The molecule has 0 unspecified atom stereocenters. The van der Waals surface area contributed by atoms with Crippen LogP contribution in [0.3, 0.4) is 0 Å². The number of hydrogen-bond donors (Lipinski definition) is 1. The molecule has 3 saturated heterocycles. The predicted molar refractivity (Wildman–Crippen MR) is 100 cm³/mol. The zero-order chi connectivity index (χ0) is 19.7. The summed E-state index contributed by atoms with van der Waals surface area (Å²) in [5, 5.41) is 7.33. The van der Waals surface area contributed by atoms with Crippen LogP contribution < -0.4 is 5.32 Å². The molecule has 154 valence electrons. The minimum Gasteiger partial charge on any atom is -0.383 e. The monoisotopic (exact) mass is 391 g/mol. The minimum atomic E-state index is -0.0957. The Kier molecular flexibility index (Phi) is 5.29. The minimum absolute atomic E-state index is 0.0149. The second kappa shape index (κ2) is 7.71. The van der Waals surface area contributed by atoms with E-state index in [1.807, 2.05) is 23.0 Å². The maximum atomic E-state index is 12.7. The Morgan fingerprint density at radius 3 is 2.89 bits per heavy atom. The largest absolute Gasteiger partial charge is 0.383 e. The van der Waals surface area contributed by atoms with Crippen molar-refractivity contribution in [2.75, 3.05) is 53.1 Å². The van der Waals surface area contributed by atoms with E-state index >= 15 is 0 Å². The topological polar surface area (TPSA) is 88.9 Å². The van der Waals surface area contributed by atoms with Crippen molar-refractivity contribution in [3.8, 4) is 0 Å². The molecule has 0 aliphatic carbocycles. The Labute approximate surface area is 164 Å². The van der Waals surface area contributed by atoms with Crippen LogP contribution in [0.1, 0.15) is 24.4 Å². The fraction of sp³-hybridized carbons (Fsp3) is 0.737. The normalized spacial score (nSPS) is 26.1. The molecule has 1 aromatic heterocycles. The Morgan fingerprint density at radius 2 is 2.29 bits per heavy atom. The van der Waals surface area contributed by atoms with E-state index in [0.29, 0.717) is 26.1 Å². The van der Waals surface area contributed by atoms with Gasteiger partial charge in [0.05, 0.1) is 32.1 Å². The second-order valence-corrected chi connectivity index (χ2v) is 8.29. The second-order valence-electron chi connectivity index (χ2n) is 8.29. The van der Waals surface area contributed by atoms with E-state index in [2.05, 4.69) is 10.4 Å². The highest BCUT2D eigenvalue weighted by Gasteiger charge is 2.46. The molecule has 9 nitrogen and oxygen atoms in total. The van der Waals surface area contributed by atoms with Crippen LogP contribution in [0.25, 0.3) is 0 Å². The van der Waals surface area contributed by atoms with E-state index < -0.39 is 0 Å². The summed E-state index contributed by atoms with van der Waals surface area (Å²) in [6.07, 6.45) is 5.17. The molecule has 1 spiro atoms. The summed E-state index contributed by atoms with van der Waals surface area (Å²) >= 11 is 0. The van der Waals surface area contributed by atoms with Gasteiger partial charge in [0.25, 0.3) is 0 Å². The van der Waals surface area contributed by atoms with Gasteiger partial charge in [0.1, 0.15) is 0 Å². The molecule has 3 amide bonds. The number of carbonyl (C=O) groups is 2. The van der Waals surface area contributed by atoms with Crippen molar-refractivity contribution in [3.05, 3.63) is 18.0 Å². The first-order valence-electron chi connectivity index (χ1n) is 9.89. The number of ether oxygens (including phenoxy) is 2. The van der Waals surface area contributed by atoms with E-state index in [9.17, 15) is 9.59 Å². The smallest absolute Gasteiger partial charge is 0.317 e. The van der Waals surface area contributed by atoms with Crippen molar-refractivity contribution in [2.24, 2.45) is 18.4 Å². The third kappa shape index (κ3) is 3.60. The number of hydrogen-bond acceptors (Lipinski definition) is 5. The van der Waals surface area contributed by atoms with Crippen molar-refractivity contribution in [2.45, 2.75) is 18.9 Å². The standard InChI is InChI=1S/C19H29N5O4/c1-22-10-15(9-21-22)17-14(7-16(25)24(17)5-6-27-2)8-20-18(26)23-4-3-19(11-23)12-28-13-19/h9-10,14,17H,3-8,11-13H2,1-2H3,(H,20,26)/t14-,17+/m1/s1. The highest BCUT2D eigenvalue weighted by molar-refractivity contribution is 5.80. The molecule has 0 saturated carbocycles. The average molecular weight is 391 g/mol. The van der Waals surface area contributed by atoms with Crippen molar-refractivity contribution in [3.63, 3.8) is 0 Å². The lowest BCUT2D eigenvalue weighted by Gasteiger charge is -2.37. The van der Waals surface area contributed by atoms with Gasteiger partial charge in [0.15, 0.2) is 0 Å². The number of rotatable bonds is 6. The molecular formula is C19H29N5O4. The number of nitrogens with zero attached hydrogens (tertiary/aromatic N) is 4. The molecule has 0 radical (unpaired) electrons. The summed E-state index contributed by atoms with van der Waals surface area (Å²) in [6.45, 7) is 4.53. The van der Waals surface area contributed by atoms with Gasteiger partial charge in [-0.05, 0) is 6.42 Å². The number of urea groups is 1. The van der Waals surface area contributed by atoms with Crippen LogP contribution >= 0.6 is 0 Å². The number of nitrogens with one attached hydrogen (secondary N) is 1. The molecular weight excluding hydrogens is 362 g/mol. The Morgan fingerprint density at radius 1 is 1.46 bits per heavy atom. The predicted octanol–water partition coefficient (Wildman–Crippen LogP) is 0.388. The zero-order valence-corrected chi connectivity index (χ0v) is 16.6. The fourth-order valence-electron chi connectivity index (χ4n) is 4.61. The first kappa shape index (κ1) is 19.2. The van der Waals surface area contributed by atoms with Gasteiger partial charge in [-0.2, -0.15) is 5.10 Å². The molecule has 1 aromatic rings. The van der Waals surface area contributed by atoms with Gasteiger partial charge in [-0.3, -0.25) is 9.48 Å². The number of likely N-dealkylation sites (tertiary alicyclic amines) is 2. The van der Waals surface area contributed by atoms with Crippen LogP contribution in [-0.4, -0.2) is 84.6 Å². The van der Waals surface area contributed by atoms with Crippen LogP contribution in [0.5, 0.6) is 0 Å². The number of carbonyl (C=O) groups excluding carboxylic acids is 2. The number of aromatic nitrogens is 2. The lowest BCUT2D eigenvalue weighted by Crippen LogP contribution is -2.47. The van der Waals surface area contributed by atoms with E-state index in [4.69, 9.17) is 9.47 Å². The van der Waals surface area contributed by atoms with E-state index in [1.54, 1.807) is 18.0 Å². The molecule has 3 aliphatic heterocycles. The number of aryl methyl sites for hydroxylation is 1. The van der Waals surface area contributed by atoms with Gasteiger partial charge in [0, 0.05) is 69.9 Å². The van der Waals surface area contributed by atoms with Gasteiger partial charge in [-0.15, -0.1) is 0 Å². The van der Waals surface area contributed by atoms with Gasteiger partial charge in [0.2, 0.25) is 5.91 Å². The highest BCUT2D eigenvalue weighted by Crippen LogP contribution is 2.39. The molecule has 2 atom stereocenters. The first-order chi connectivity index (χ1) is 13.5. The molecule has 3 fully saturated rings. The summed E-state index contributed by atoms with van der Waals surface area (Å²) in [5.41, 5.74) is 1.17. The van der Waals surface area contributed by atoms with Gasteiger partial charge in [-0.1, -0.05) is 0 Å². The molecule has 9 heteroatoms. The number of amides is 3. The van der Waals surface area contributed by atoms with Crippen LogP contribution in [0.2, 0.25) is 0 Å². The number of methoxy groups -OCH3 is 1. The van der Waals surface area contributed by atoms with Crippen molar-refractivity contribution in [1.29, 1.82) is 0 Å². The highest BCUT2D eigenvalue weighted by atomic mass is 16.5. The van der Waals surface area contributed by atoms with Crippen LogP contribution in [0, 0.1) is 11.3 Å². The van der Waals surface area contributed by atoms with Crippen molar-refractivity contribution >= 4 is 11.9 Å². The average Bonchev–Trinajstić information content (AvgIpc) is 3.34. The summed E-state index contributed by atoms with van der Waals surface area (Å²) in [7, 11) is 3.50. The molecule has 3 aliphatic rings. The first-order valence-corrected chi connectivity index (χ1v) is 9.89. The van der Waals surface area contributed by atoms with Crippen LogP contribution in [0.4, 0.5) is 4.79 Å². The fourth-order valence-corrected chi connectivity index (χ4v) is 4.61. The van der Waals surface area contributed by atoms with Crippen LogP contribution in [0.15, 0.2) is 12.4 Å². The molecule has 1 N–H and O–H groups in total. The maximum absolute atomic E-state index is 12.7. The SMILES string of the molecule is COCCN1C(=O)C[C@H](CNC(=O)N2CCC3(COC3)C2)[C@H]1c1cnn(C)c1. The Hall–Kier alpha value is -2.13. The molecule has 4 rings (SSSR count). The maximum Gasteiger partial charge on any atom is 0.317 e. The third-order valence-electron chi connectivity index (χ3n) is 6.20. The third-order valence-corrected chi connectivity index (χ3v) is 6.20. The van der Waals surface area contributed by atoms with Gasteiger partial charge in [-0.25, -0.2) is 4.79 Å². The molecule has 0 aromatic carbocycles. The lowest BCUT2D eigenvalue weighted by molar-refractivity contribution is -0.129. The molecule has 0 bridgehead atoms. The summed E-state index contributed by atoms with van der Waals surface area (Å²) in [6, 6.07) is -0.141. The van der Waals surface area contributed by atoms with Crippen molar-refractivity contribution < 1.29 is 19.1 Å². The Bertz CT molecular complexity index is 732. The van der Waals surface area contributed by atoms with Crippen molar-refractivity contribution in [1.82, 2.24) is 24.9 Å². The van der Waals surface area contributed by atoms with E-state index in [1.165, 1.54) is 0 Å². The molecule has 28 heavy (non-hydrogen) atoms. The molecule has 4 heterocycles.